The lowest BCUT2D eigenvalue weighted by molar-refractivity contribution is 0.446. The van der Waals surface area contributed by atoms with Crippen LogP contribution in [0.2, 0.25) is 0 Å². The maximum absolute atomic E-state index is 11.2. The van der Waals surface area contributed by atoms with Crippen LogP contribution in [0, 0.1) is 0 Å². The van der Waals surface area contributed by atoms with Crippen LogP contribution in [0.4, 0.5) is 0 Å². The van der Waals surface area contributed by atoms with Crippen LogP contribution in [0.1, 0.15) is 62.8 Å². The third kappa shape index (κ3) is 1.63. The average molecular weight is 195 g/mol. The van der Waals surface area contributed by atoms with Gasteiger partial charge in [0.1, 0.15) is 5.76 Å². The molecule has 0 aromatic carbocycles. The number of oxazole rings is 1. The molecule has 0 bridgehead atoms. The molecule has 3 heteroatoms. The molecule has 1 aromatic rings. The molecule has 3 nitrogen and oxygen atoms in total. The molecule has 0 atom stereocenters. The summed E-state index contributed by atoms with van der Waals surface area (Å²) in [7, 11) is 0. The molecule has 1 aromatic heterocycles. The van der Waals surface area contributed by atoms with Gasteiger partial charge in [-0.1, -0.05) is 26.7 Å². The Morgan fingerprint density at radius 3 is 2.57 bits per heavy atom. The maximum atomic E-state index is 11.2. The smallest absolute Gasteiger partial charge is 0.412 e. The van der Waals surface area contributed by atoms with Gasteiger partial charge in [-0.2, -0.15) is 0 Å². The lowest BCUT2D eigenvalue weighted by Gasteiger charge is -2.09. The molecular weight excluding hydrogens is 178 g/mol. The van der Waals surface area contributed by atoms with Crippen molar-refractivity contribution in [3.63, 3.8) is 0 Å². The zero-order valence-corrected chi connectivity index (χ0v) is 8.80. The molecule has 1 aliphatic rings. The van der Waals surface area contributed by atoms with E-state index in [0.717, 1.165) is 11.5 Å². The van der Waals surface area contributed by atoms with E-state index in [2.05, 4.69) is 18.8 Å². The Kier molecular flexibility index (Phi) is 2.48. The second kappa shape index (κ2) is 3.64. The second-order valence-electron chi connectivity index (χ2n) is 4.43. The largest absolute Gasteiger partial charge is 0.416 e. The number of hydrogen-bond donors (Lipinski definition) is 1. The number of H-pyrrole nitrogens is 1. The summed E-state index contributed by atoms with van der Waals surface area (Å²) in [5.41, 5.74) is 1.06. The lowest BCUT2D eigenvalue weighted by Crippen LogP contribution is -2.01. The van der Waals surface area contributed by atoms with Crippen LogP contribution in [-0.2, 0) is 0 Å². The van der Waals surface area contributed by atoms with Crippen LogP contribution in [0.25, 0.3) is 0 Å². The zero-order valence-electron chi connectivity index (χ0n) is 8.80. The van der Waals surface area contributed by atoms with Gasteiger partial charge in [0.15, 0.2) is 0 Å². The van der Waals surface area contributed by atoms with Crippen molar-refractivity contribution in [1.29, 1.82) is 0 Å². The minimum Gasteiger partial charge on any atom is -0.412 e. The van der Waals surface area contributed by atoms with Crippen LogP contribution in [0.15, 0.2) is 9.21 Å². The topological polar surface area (TPSA) is 46.0 Å². The van der Waals surface area contributed by atoms with Crippen molar-refractivity contribution in [1.82, 2.24) is 4.98 Å². The highest BCUT2D eigenvalue weighted by molar-refractivity contribution is 5.17. The number of rotatable bonds is 2. The first-order valence-electron chi connectivity index (χ1n) is 5.41. The fraction of sp³-hybridized carbons (Fsp3) is 0.727. The van der Waals surface area contributed by atoms with Gasteiger partial charge in [-0.3, -0.25) is 4.98 Å². The van der Waals surface area contributed by atoms with Crippen LogP contribution in [0.3, 0.4) is 0 Å². The van der Waals surface area contributed by atoms with Crippen molar-refractivity contribution in [2.75, 3.05) is 0 Å². The molecule has 1 aliphatic carbocycles. The molecule has 1 fully saturated rings. The summed E-state index contributed by atoms with van der Waals surface area (Å²) >= 11 is 0. The van der Waals surface area contributed by atoms with E-state index in [1.165, 1.54) is 25.7 Å². The fourth-order valence-corrected chi connectivity index (χ4v) is 2.30. The molecule has 1 saturated carbocycles. The van der Waals surface area contributed by atoms with E-state index in [9.17, 15) is 4.79 Å². The Hall–Kier alpha value is -0.990. The molecule has 2 rings (SSSR count). The molecule has 0 unspecified atom stereocenters. The van der Waals surface area contributed by atoms with Gasteiger partial charge >= 0.3 is 5.76 Å². The highest BCUT2D eigenvalue weighted by Crippen LogP contribution is 2.36. The van der Waals surface area contributed by atoms with Crippen LogP contribution < -0.4 is 5.76 Å². The van der Waals surface area contributed by atoms with Crippen molar-refractivity contribution < 1.29 is 4.42 Å². The molecule has 1 N–H and O–H groups in total. The van der Waals surface area contributed by atoms with Gasteiger partial charge in [0, 0.05) is 11.8 Å². The minimum absolute atomic E-state index is 0.296. The SMILES string of the molecule is CC(C)c1oc(=O)[nH]c1C1CCCC1. The Morgan fingerprint density at radius 1 is 1.36 bits per heavy atom. The quantitative estimate of drug-likeness (QED) is 0.788. The molecule has 0 saturated heterocycles. The molecule has 0 amide bonds. The van der Waals surface area contributed by atoms with Crippen LogP contribution in [-0.4, -0.2) is 4.98 Å². The molecule has 14 heavy (non-hydrogen) atoms. The van der Waals surface area contributed by atoms with Crippen LogP contribution in [0.5, 0.6) is 0 Å². The summed E-state index contributed by atoms with van der Waals surface area (Å²) in [6.45, 7) is 4.12. The van der Waals surface area contributed by atoms with Gasteiger partial charge in [-0.05, 0) is 12.8 Å². The van der Waals surface area contributed by atoms with E-state index >= 15 is 0 Å². The summed E-state index contributed by atoms with van der Waals surface area (Å²) < 4.78 is 5.18. The number of hydrogen-bond acceptors (Lipinski definition) is 2. The standard InChI is InChI=1S/C11H17NO2/c1-7(2)10-9(12-11(13)14-10)8-5-3-4-6-8/h7-8H,3-6H2,1-2H3,(H,12,13). The fourth-order valence-electron chi connectivity index (χ4n) is 2.30. The van der Waals surface area contributed by atoms with Gasteiger partial charge in [-0.25, -0.2) is 4.79 Å². The van der Waals surface area contributed by atoms with Crippen LogP contribution >= 0.6 is 0 Å². The van der Waals surface area contributed by atoms with Crippen molar-refractivity contribution >= 4 is 0 Å². The predicted octanol–water partition coefficient (Wildman–Crippen LogP) is 2.75. The summed E-state index contributed by atoms with van der Waals surface area (Å²) in [5, 5.41) is 0. The van der Waals surface area contributed by atoms with E-state index in [4.69, 9.17) is 4.42 Å². The molecular formula is C11H17NO2. The molecule has 0 spiro atoms. The molecule has 0 aliphatic heterocycles. The zero-order chi connectivity index (χ0) is 10.1. The number of aromatic amines is 1. The maximum Gasteiger partial charge on any atom is 0.416 e. The summed E-state index contributed by atoms with van der Waals surface area (Å²) in [4.78, 5) is 14.0. The first kappa shape index (κ1) is 9.56. The Balaban J connectivity index is 2.35. The summed E-state index contributed by atoms with van der Waals surface area (Å²) in [6.07, 6.45) is 4.93. The van der Waals surface area contributed by atoms with Crippen molar-refractivity contribution in [2.24, 2.45) is 0 Å². The summed E-state index contributed by atoms with van der Waals surface area (Å²) in [6, 6.07) is 0. The second-order valence-corrected chi connectivity index (χ2v) is 4.43. The highest BCUT2D eigenvalue weighted by atomic mass is 16.4. The Bertz CT molecular complexity index is 356. The normalized spacial score (nSPS) is 18.2. The minimum atomic E-state index is -0.296. The summed E-state index contributed by atoms with van der Waals surface area (Å²) in [5.74, 6) is 1.39. The first-order chi connectivity index (χ1) is 6.68. The van der Waals surface area contributed by atoms with E-state index in [-0.39, 0.29) is 5.76 Å². The van der Waals surface area contributed by atoms with Gasteiger partial charge in [0.05, 0.1) is 5.69 Å². The van der Waals surface area contributed by atoms with E-state index < -0.39 is 0 Å². The lowest BCUT2D eigenvalue weighted by atomic mass is 9.98. The van der Waals surface area contributed by atoms with Gasteiger partial charge in [0.2, 0.25) is 0 Å². The Morgan fingerprint density at radius 2 is 2.00 bits per heavy atom. The molecule has 78 valence electrons. The van der Waals surface area contributed by atoms with Gasteiger partial charge in [-0.15, -0.1) is 0 Å². The number of aromatic nitrogens is 1. The number of nitrogens with one attached hydrogen (secondary N) is 1. The highest BCUT2D eigenvalue weighted by Gasteiger charge is 2.24. The van der Waals surface area contributed by atoms with Crippen molar-refractivity contribution in [3.8, 4) is 0 Å². The molecule has 0 radical (unpaired) electrons. The Labute approximate surface area is 83.5 Å². The first-order valence-corrected chi connectivity index (χ1v) is 5.41. The van der Waals surface area contributed by atoms with E-state index in [1.807, 2.05) is 0 Å². The molecule has 1 heterocycles. The average Bonchev–Trinajstić information content (AvgIpc) is 2.70. The predicted molar refractivity (Wildman–Crippen MR) is 54.6 cm³/mol. The monoisotopic (exact) mass is 195 g/mol. The third-order valence-electron chi connectivity index (χ3n) is 2.99. The third-order valence-corrected chi connectivity index (χ3v) is 2.99. The van der Waals surface area contributed by atoms with Crippen molar-refractivity contribution in [2.45, 2.75) is 51.4 Å². The van der Waals surface area contributed by atoms with Gasteiger partial charge in [0.25, 0.3) is 0 Å². The van der Waals surface area contributed by atoms with E-state index in [0.29, 0.717) is 11.8 Å². The van der Waals surface area contributed by atoms with Crippen molar-refractivity contribution in [3.05, 3.63) is 22.0 Å². The van der Waals surface area contributed by atoms with E-state index in [1.54, 1.807) is 0 Å². The van der Waals surface area contributed by atoms with Gasteiger partial charge < -0.3 is 4.42 Å².